The van der Waals surface area contributed by atoms with Crippen LogP contribution in [-0.2, 0) is 28.7 Å². The summed E-state index contributed by atoms with van der Waals surface area (Å²) in [7, 11) is 1.04. The van der Waals surface area contributed by atoms with E-state index in [2.05, 4.69) is 31.0 Å². The average molecular weight is 332 g/mol. The maximum atomic E-state index is 11.5. The van der Waals surface area contributed by atoms with Gasteiger partial charge < -0.3 is 15.0 Å². The Balaban J connectivity index is 2.10. The zero-order chi connectivity index (χ0) is 15.5. The van der Waals surface area contributed by atoms with E-state index < -0.39 is 10.8 Å². The van der Waals surface area contributed by atoms with Crippen LogP contribution in [0.1, 0.15) is 31.3 Å². The first-order valence-corrected chi connectivity index (χ1v) is 9.52. The molecule has 1 fully saturated rings. The predicted octanol–water partition coefficient (Wildman–Crippen LogP) is 1.75. The minimum atomic E-state index is -0.654. The van der Waals surface area contributed by atoms with Crippen LogP contribution in [0.4, 0.5) is 5.13 Å². The van der Waals surface area contributed by atoms with E-state index in [4.69, 9.17) is 9.72 Å². The van der Waals surface area contributed by atoms with Crippen LogP contribution < -0.4 is 10.2 Å². The van der Waals surface area contributed by atoms with Crippen molar-refractivity contribution < 1.29 is 8.95 Å². The van der Waals surface area contributed by atoms with Crippen LogP contribution in [0, 0.1) is 0 Å². The van der Waals surface area contributed by atoms with E-state index in [0.29, 0.717) is 6.61 Å². The first-order valence-electron chi connectivity index (χ1n) is 7.21. The van der Waals surface area contributed by atoms with Gasteiger partial charge in [-0.15, -0.1) is 11.3 Å². The van der Waals surface area contributed by atoms with Gasteiger partial charge in [0.25, 0.3) is 0 Å². The van der Waals surface area contributed by atoms with Crippen LogP contribution in [0.15, 0.2) is 0 Å². The van der Waals surface area contributed by atoms with E-state index in [-0.39, 0.29) is 5.54 Å². The third kappa shape index (κ3) is 5.02. The topological polar surface area (TPSA) is 54.5 Å². The number of nitrogens with zero attached hydrogens (tertiary/aromatic N) is 2. The van der Waals surface area contributed by atoms with Crippen molar-refractivity contribution in [1.29, 1.82) is 0 Å². The number of aromatic nitrogens is 1. The van der Waals surface area contributed by atoms with Crippen molar-refractivity contribution in [2.45, 2.75) is 39.5 Å². The molecule has 1 N–H and O–H groups in total. The molecule has 0 aliphatic carbocycles. The van der Waals surface area contributed by atoms with Gasteiger partial charge in [0, 0.05) is 59.5 Å². The molecule has 0 saturated carbocycles. The molecule has 1 aliphatic heterocycles. The Morgan fingerprint density at radius 3 is 2.62 bits per heavy atom. The lowest BCUT2D eigenvalue weighted by atomic mass is 10.1. The number of anilines is 1. The molecule has 5 nitrogen and oxygen atoms in total. The summed E-state index contributed by atoms with van der Waals surface area (Å²) in [5, 5.41) is 4.54. The summed E-state index contributed by atoms with van der Waals surface area (Å²) in [6, 6.07) is 0. The SMILES string of the molecule is COCc1nc(N2CCS(=O)CC2)sc1CNC(C)(C)C. The molecule has 1 aromatic heterocycles. The summed E-state index contributed by atoms with van der Waals surface area (Å²) in [5.74, 6) is 1.49. The molecule has 2 rings (SSSR count). The minimum absolute atomic E-state index is 0.0799. The van der Waals surface area contributed by atoms with E-state index in [9.17, 15) is 4.21 Å². The first-order chi connectivity index (χ1) is 9.89. The number of hydrogen-bond donors (Lipinski definition) is 1. The Kier molecular flexibility index (Phi) is 5.76. The standard InChI is InChI=1S/C14H25N3O2S2/c1-14(2,3)15-9-12-11(10-19-4)16-13(20-12)17-5-7-21(18)8-6-17/h15H,5-10H2,1-4H3. The summed E-state index contributed by atoms with van der Waals surface area (Å²) in [5.41, 5.74) is 1.09. The van der Waals surface area contributed by atoms with E-state index in [1.807, 2.05) is 0 Å². The van der Waals surface area contributed by atoms with E-state index in [1.165, 1.54) is 4.88 Å². The van der Waals surface area contributed by atoms with Crippen LogP contribution in [0.25, 0.3) is 0 Å². The highest BCUT2D eigenvalue weighted by Crippen LogP contribution is 2.28. The molecule has 1 aromatic rings. The minimum Gasteiger partial charge on any atom is -0.378 e. The largest absolute Gasteiger partial charge is 0.378 e. The molecule has 0 amide bonds. The molecule has 2 heterocycles. The lowest BCUT2D eigenvalue weighted by Gasteiger charge is -2.25. The Morgan fingerprint density at radius 2 is 2.05 bits per heavy atom. The van der Waals surface area contributed by atoms with Gasteiger partial charge >= 0.3 is 0 Å². The molecular formula is C14H25N3O2S2. The average Bonchev–Trinajstić information content (AvgIpc) is 2.80. The summed E-state index contributed by atoms with van der Waals surface area (Å²) < 4.78 is 16.7. The van der Waals surface area contributed by atoms with Crippen molar-refractivity contribution >= 4 is 27.3 Å². The number of hydrogen-bond acceptors (Lipinski definition) is 6. The van der Waals surface area contributed by atoms with Crippen molar-refractivity contribution in [3.8, 4) is 0 Å². The van der Waals surface area contributed by atoms with Gasteiger partial charge in [0.05, 0.1) is 12.3 Å². The molecule has 21 heavy (non-hydrogen) atoms. The quantitative estimate of drug-likeness (QED) is 0.891. The van der Waals surface area contributed by atoms with Crippen LogP contribution in [0.2, 0.25) is 0 Å². The van der Waals surface area contributed by atoms with Crippen LogP contribution in [-0.4, -0.2) is 46.4 Å². The van der Waals surface area contributed by atoms with Crippen molar-refractivity contribution in [1.82, 2.24) is 10.3 Å². The predicted molar refractivity (Wildman–Crippen MR) is 89.5 cm³/mol. The second-order valence-electron chi connectivity index (χ2n) is 6.24. The molecule has 7 heteroatoms. The molecule has 0 spiro atoms. The monoisotopic (exact) mass is 331 g/mol. The van der Waals surface area contributed by atoms with Crippen molar-refractivity contribution in [3.63, 3.8) is 0 Å². The van der Waals surface area contributed by atoms with Crippen LogP contribution >= 0.6 is 11.3 Å². The number of nitrogens with one attached hydrogen (secondary N) is 1. The second kappa shape index (κ2) is 7.17. The third-order valence-electron chi connectivity index (χ3n) is 3.28. The zero-order valence-corrected chi connectivity index (χ0v) is 14.9. The number of thiazole rings is 1. The van der Waals surface area contributed by atoms with Gasteiger partial charge in [0.15, 0.2) is 5.13 Å². The highest BCUT2D eigenvalue weighted by molar-refractivity contribution is 7.85. The van der Waals surface area contributed by atoms with Gasteiger partial charge in [-0.25, -0.2) is 4.98 Å². The molecule has 0 aromatic carbocycles. The van der Waals surface area contributed by atoms with Gasteiger partial charge in [0.2, 0.25) is 0 Å². The van der Waals surface area contributed by atoms with Crippen LogP contribution in [0.5, 0.6) is 0 Å². The van der Waals surface area contributed by atoms with E-state index in [1.54, 1.807) is 18.4 Å². The number of rotatable bonds is 5. The fourth-order valence-electron chi connectivity index (χ4n) is 2.07. The van der Waals surface area contributed by atoms with E-state index >= 15 is 0 Å². The normalized spacial score (nSPS) is 17.4. The summed E-state index contributed by atoms with van der Waals surface area (Å²) in [6.07, 6.45) is 0. The fourth-order valence-corrected chi connectivity index (χ4v) is 4.17. The van der Waals surface area contributed by atoms with Crippen LogP contribution in [0.3, 0.4) is 0 Å². The highest BCUT2D eigenvalue weighted by atomic mass is 32.2. The van der Waals surface area contributed by atoms with Gasteiger partial charge in [0.1, 0.15) is 0 Å². The summed E-state index contributed by atoms with van der Waals surface area (Å²) in [4.78, 5) is 8.20. The van der Waals surface area contributed by atoms with Gasteiger partial charge in [-0.1, -0.05) is 0 Å². The Labute approximate surface area is 133 Å². The molecule has 1 saturated heterocycles. The molecule has 120 valence electrons. The van der Waals surface area contributed by atoms with Gasteiger partial charge in [-0.05, 0) is 20.8 Å². The number of methoxy groups -OCH3 is 1. The van der Waals surface area contributed by atoms with Crippen molar-refractivity contribution in [2.24, 2.45) is 0 Å². The molecule has 0 atom stereocenters. The maximum absolute atomic E-state index is 11.5. The highest BCUT2D eigenvalue weighted by Gasteiger charge is 2.21. The smallest absolute Gasteiger partial charge is 0.185 e. The summed E-state index contributed by atoms with van der Waals surface area (Å²) >= 11 is 1.72. The second-order valence-corrected chi connectivity index (χ2v) is 9.00. The lowest BCUT2D eigenvalue weighted by molar-refractivity contribution is 0.181. The fraction of sp³-hybridized carbons (Fsp3) is 0.786. The Morgan fingerprint density at radius 1 is 1.38 bits per heavy atom. The molecule has 0 radical (unpaired) electrons. The Bertz CT molecular complexity index is 487. The Hall–Kier alpha value is -0.500. The van der Waals surface area contributed by atoms with Gasteiger partial charge in [-0.3, -0.25) is 4.21 Å². The van der Waals surface area contributed by atoms with Crippen molar-refractivity contribution in [3.05, 3.63) is 10.6 Å². The third-order valence-corrected chi connectivity index (χ3v) is 5.71. The molecule has 0 unspecified atom stereocenters. The van der Waals surface area contributed by atoms with Gasteiger partial charge in [-0.2, -0.15) is 0 Å². The maximum Gasteiger partial charge on any atom is 0.185 e. The zero-order valence-electron chi connectivity index (χ0n) is 13.3. The molecule has 0 bridgehead atoms. The molecular weight excluding hydrogens is 306 g/mol. The first kappa shape index (κ1) is 16.9. The lowest BCUT2D eigenvalue weighted by Crippen LogP contribution is -2.37. The summed E-state index contributed by atoms with van der Waals surface area (Å²) in [6.45, 7) is 9.48. The van der Waals surface area contributed by atoms with Crippen molar-refractivity contribution in [2.75, 3.05) is 36.6 Å². The molecule has 1 aliphatic rings. The number of ether oxygens (including phenoxy) is 1. The van der Waals surface area contributed by atoms with E-state index in [0.717, 1.165) is 42.0 Å².